The van der Waals surface area contributed by atoms with E-state index in [0.717, 1.165) is 23.1 Å². The van der Waals surface area contributed by atoms with E-state index in [-0.39, 0.29) is 5.91 Å². The Morgan fingerprint density at radius 2 is 1.96 bits per heavy atom. The van der Waals surface area contributed by atoms with Gasteiger partial charge in [-0.15, -0.1) is 0 Å². The Bertz CT molecular complexity index is 986. The summed E-state index contributed by atoms with van der Waals surface area (Å²) in [5.74, 6) is 0.885. The number of carbonyl (C=O) groups excluding carboxylic acids is 1. The summed E-state index contributed by atoms with van der Waals surface area (Å²) in [6.45, 7) is 9.94. The minimum atomic E-state index is -0.511. The second-order valence-corrected chi connectivity index (χ2v) is 8.36. The van der Waals surface area contributed by atoms with E-state index in [0.29, 0.717) is 22.5 Å². The molecule has 0 aliphatic carbocycles. The van der Waals surface area contributed by atoms with Crippen LogP contribution in [0.3, 0.4) is 0 Å². The van der Waals surface area contributed by atoms with Crippen LogP contribution in [0.15, 0.2) is 40.8 Å². The third kappa shape index (κ3) is 4.16. The van der Waals surface area contributed by atoms with Crippen LogP contribution in [0, 0.1) is 5.41 Å². The average molecular weight is 385 g/mol. The lowest BCUT2D eigenvalue weighted by Crippen LogP contribution is -2.27. The van der Waals surface area contributed by atoms with Gasteiger partial charge in [0.25, 0.3) is 0 Å². The number of nitrogens with zero attached hydrogens (tertiary/aromatic N) is 1. The second kappa shape index (κ2) is 7.35. The molecule has 0 aliphatic rings. The van der Waals surface area contributed by atoms with Crippen LogP contribution < -0.4 is 5.32 Å². The standard InChI is InChI=1S/C22H25ClN2O2/c1-6-13(2)14-8-10-19-18(11-14)24-20(27-19)15-7-9-16(23)17(12-15)25-21(26)22(3,4)5/h7-13H,6H2,1-5H3,(H,25,26)/t13-/m1/s1. The van der Waals surface area contributed by atoms with Crippen molar-refractivity contribution in [3.05, 3.63) is 47.0 Å². The van der Waals surface area contributed by atoms with Crippen molar-refractivity contribution in [3.63, 3.8) is 0 Å². The van der Waals surface area contributed by atoms with Gasteiger partial charge in [-0.2, -0.15) is 0 Å². The van der Waals surface area contributed by atoms with Crippen molar-refractivity contribution in [1.82, 2.24) is 4.98 Å². The Balaban J connectivity index is 1.96. The highest BCUT2D eigenvalue weighted by atomic mass is 35.5. The summed E-state index contributed by atoms with van der Waals surface area (Å²) >= 11 is 6.26. The molecule has 3 rings (SSSR count). The lowest BCUT2D eigenvalue weighted by Gasteiger charge is -2.18. The van der Waals surface area contributed by atoms with Gasteiger partial charge in [-0.25, -0.2) is 4.98 Å². The maximum absolute atomic E-state index is 12.3. The lowest BCUT2D eigenvalue weighted by molar-refractivity contribution is -0.123. The molecule has 2 aromatic carbocycles. The molecule has 0 spiro atoms. The Kier molecular flexibility index (Phi) is 5.29. The molecule has 0 unspecified atom stereocenters. The number of amides is 1. The minimum Gasteiger partial charge on any atom is -0.436 e. The van der Waals surface area contributed by atoms with E-state index in [1.807, 2.05) is 32.9 Å². The molecule has 1 N–H and O–H groups in total. The largest absolute Gasteiger partial charge is 0.436 e. The topological polar surface area (TPSA) is 55.1 Å². The first-order chi connectivity index (χ1) is 12.7. The van der Waals surface area contributed by atoms with Gasteiger partial charge in [-0.3, -0.25) is 4.79 Å². The Morgan fingerprint density at radius 1 is 1.22 bits per heavy atom. The summed E-state index contributed by atoms with van der Waals surface area (Å²) in [7, 11) is 0. The highest BCUT2D eigenvalue weighted by Crippen LogP contribution is 2.32. The van der Waals surface area contributed by atoms with E-state index < -0.39 is 5.41 Å². The van der Waals surface area contributed by atoms with Crippen molar-refractivity contribution in [1.29, 1.82) is 0 Å². The number of aromatic nitrogens is 1. The molecule has 1 heterocycles. The zero-order valence-corrected chi connectivity index (χ0v) is 17.1. The highest BCUT2D eigenvalue weighted by molar-refractivity contribution is 6.33. The predicted molar refractivity (Wildman–Crippen MR) is 111 cm³/mol. The molecule has 0 fully saturated rings. The third-order valence-corrected chi connectivity index (χ3v) is 5.07. The number of anilines is 1. The Labute approximate surface area is 164 Å². The fourth-order valence-corrected chi connectivity index (χ4v) is 2.84. The fourth-order valence-electron chi connectivity index (χ4n) is 2.67. The molecule has 0 radical (unpaired) electrons. The molecular formula is C22H25ClN2O2. The number of hydrogen-bond acceptors (Lipinski definition) is 3. The number of oxazole rings is 1. The van der Waals surface area contributed by atoms with Gasteiger partial charge in [0.15, 0.2) is 5.58 Å². The van der Waals surface area contributed by atoms with Crippen molar-refractivity contribution in [3.8, 4) is 11.5 Å². The molecule has 0 bridgehead atoms. The third-order valence-electron chi connectivity index (χ3n) is 4.74. The van der Waals surface area contributed by atoms with Gasteiger partial charge < -0.3 is 9.73 Å². The van der Waals surface area contributed by atoms with Crippen LogP contribution in [-0.2, 0) is 4.79 Å². The van der Waals surface area contributed by atoms with E-state index in [2.05, 4.69) is 36.3 Å². The van der Waals surface area contributed by atoms with Gasteiger partial charge in [0.2, 0.25) is 11.8 Å². The van der Waals surface area contributed by atoms with Gasteiger partial charge in [-0.1, -0.05) is 52.3 Å². The number of carbonyl (C=O) groups is 1. The summed E-state index contributed by atoms with van der Waals surface area (Å²) in [5, 5.41) is 3.36. The molecule has 1 aromatic heterocycles. The summed E-state index contributed by atoms with van der Waals surface area (Å²) in [4.78, 5) is 16.9. The molecule has 3 aromatic rings. The van der Waals surface area contributed by atoms with Crippen LogP contribution in [-0.4, -0.2) is 10.9 Å². The number of benzene rings is 2. The van der Waals surface area contributed by atoms with Crippen molar-refractivity contribution in [2.24, 2.45) is 5.41 Å². The Hall–Kier alpha value is -2.33. The van der Waals surface area contributed by atoms with Gasteiger partial charge in [-0.05, 0) is 48.2 Å². The van der Waals surface area contributed by atoms with Crippen LogP contribution in [0.1, 0.15) is 52.5 Å². The number of fused-ring (bicyclic) bond motifs is 1. The first-order valence-corrected chi connectivity index (χ1v) is 9.58. The minimum absolute atomic E-state index is 0.0997. The lowest BCUT2D eigenvalue weighted by atomic mass is 9.95. The number of hydrogen-bond donors (Lipinski definition) is 1. The average Bonchev–Trinajstić information content (AvgIpc) is 3.05. The van der Waals surface area contributed by atoms with Crippen LogP contribution in [0.25, 0.3) is 22.6 Å². The Morgan fingerprint density at radius 3 is 2.63 bits per heavy atom. The van der Waals surface area contributed by atoms with Crippen molar-refractivity contribution in [2.45, 2.75) is 47.0 Å². The van der Waals surface area contributed by atoms with Crippen molar-refractivity contribution in [2.75, 3.05) is 5.32 Å². The van der Waals surface area contributed by atoms with E-state index in [4.69, 9.17) is 16.0 Å². The quantitative estimate of drug-likeness (QED) is 0.548. The van der Waals surface area contributed by atoms with Crippen LogP contribution in [0.2, 0.25) is 5.02 Å². The first kappa shape index (κ1) is 19.4. The van der Waals surface area contributed by atoms with E-state index >= 15 is 0 Å². The van der Waals surface area contributed by atoms with E-state index in [9.17, 15) is 4.79 Å². The summed E-state index contributed by atoms with van der Waals surface area (Å²) < 4.78 is 5.92. The highest BCUT2D eigenvalue weighted by Gasteiger charge is 2.22. The number of nitrogens with one attached hydrogen (secondary N) is 1. The monoisotopic (exact) mass is 384 g/mol. The zero-order chi connectivity index (χ0) is 19.8. The normalized spacial score (nSPS) is 13.0. The van der Waals surface area contributed by atoms with Gasteiger partial charge >= 0.3 is 0 Å². The zero-order valence-electron chi connectivity index (χ0n) is 16.4. The molecular weight excluding hydrogens is 360 g/mol. The fraction of sp³-hybridized carbons (Fsp3) is 0.364. The number of rotatable bonds is 4. The van der Waals surface area contributed by atoms with Crippen molar-refractivity contribution < 1.29 is 9.21 Å². The van der Waals surface area contributed by atoms with Crippen LogP contribution >= 0.6 is 11.6 Å². The second-order valence-electron chi connectivity index (χ2n) is 7.95. The molecule has 1 atom stereocenters. The molecule has 1 amide bonds. The van der Waals surface area contributed by atoms with Gasteiger partial charge in [0, 0.05) is 11.0 Å². The summed E-state index contributed by atoms with van der Waals surface area (Å²) in [5.41, 5.74) is 3.63. The van der Waals surface area contributed by atoms with Crippen LogP contribution in [0.4, 0.5) is 5.69 Å². The molecule has 5 heteroatoms. The van der Waals surface area contributed by atoms with Gasteiger partial charge in [0.05, 0.1) is 10.7 Å². The first-order valence-electron chi connectivity index (χ1n) is 9.21. The molecule has 0 saturated carbocycles. The predicted octanol–water partition coefficient (Wildman–Crippen LogP) is 6.65. The smallest absolute Gasteiger partial charge is 0.229 e. The van der Waals surface area contributed by atoms with Gasteiger partial charge in [0.1, 0.15) is 5.52 Å². The van der Waals surface area contributed by atoms with E-state index in [1.54, 1.807) is 12.1 Å². The van der Waals surface area contributed by atoms with Crippen LogP contribution in [0.5, 0.6) is 0 Å². The molecule has 0 aliphatic heterocycles. The molecule has 142 valence electrons. The SMILES string of the molecule is CC[C@@H](C)c1ccc2oc(-c3ccc(Cl)c(NC(=O)C(C)(C)C)c3)nc2c1. The molecule has 27 heavy (non-hydrogen) atoms. The molecule has 0 saturated heterocycles. The maximum atomic E-state index is 12.3. The molecule has 4 nitrogen and oxygen atoms in total. The summed E-state index contributed by atoms with van der Waals surface area (Å²) in [6.07, 6.45) is 1.07. The van der Waals surface area contributed by atoms with Crippen molar-refractivity contribution >= 4 is 34.3 Å². The summed E-state index contributed by atoms with van der Waals surface area (Å²) in [6, 6.07) is 11.5. The number of halogens is 1. The maximum Gasteiger partial charge on any atom is 0.229 e. The van der Waals surface area contributed by atoms with E-state index in [1.165, 1.54) is 5.56 Å².